The summed E-state index contributed by atoms with van der Waals surface area (Å²) in [6.07, 6.45) is 2.23. The molecule has 4 rings (SSSR count). The van der Waals surface area contributed by atoms with Crippen LogP contribution in [0.4, 0.5) is 0 Å². The Kier molecular flexibility index (Phi) is 8.40. The predicted octanol–water partition coefficient (Wildman–Crippen LogP) is 3.10. The molecule has 0 unspecified atom stereocenters. The van der Waals surface area contributed by atoms with Gasteiger partial charge in [0, 0.05) is 24.2 Å². The van der Waals surface area contributed by atoms with Crippen molar-refractivity contribution in [1.82, 2.24) is 30.8 Å². The van der Waals surface area contributed by atoms with Gasteiger partial charge in [-0.2, -0.15) is 4.68 Å². The number of phenols is 1. The fourth-order valence-corrected chi connectivity index (χ4v) is 3.68. The Hall–Kier alpha value is -2.19. The minimum Gasteiger partial charge on any atom is -0.508 e. The number of piperidine rings is 1. The van der Waals surface area contributed by atoms with Crippen LogP contribution >= 0.6 is 24.8 Å². The number of hydrogen-bond acceptors (Lipinski definition) is 6. The molecule has 1 fully saturated rings. The molecule has 2 atom stereocenters. The number of halogens is 2. The van der Waals surface area contributed by atoms with E-state index in [-0.39, 0.29) is 36.6 Å². The summed E-state index contributed by atoms with van der Waals surface area (Å²) in [7, 11) is 0. The molecule has 0 radical (unpaired) electrons. The number of aryl methyl sites for hydroxylation is 1. The van der Waals surface area contributed by atoms with E-state index in [4.69, 9.17) is 0 Å². The molecule has 7 nitrogen and oxygen atoms in total. The Bertz CT molecular complexity index is 905. The van der Waals surface area contributed by atoms with E-state index >= 15 is 0 Å². The van der Waals surface area contributed by atoms with Crippen LogP contribution in [0.2, 0.25) is 0 Å². The number of nitrogens with one attached hydrogen (secondary N) is 2. The molecule has 0 saturated carbocycles. The predicted molar refractivity (Wildman–Crippen MR) is 117 cm³/mol. The van der Waals surface area contributed by atoms with E-state index in [9.17, 15) is 5.11 Å². The van der Waals surface area contributed by atoms with Crippen LogP contribution < -0.4 is 10.6 Å². The number of tetrazole rings is 1. The lowest BCUT2D eigenvalue weighted by molar-refractivity contribution is 0.303. The Balaban J connectivity index is 0.00000150. The Morgan fingerprint density at radius 1 is 1.17 bits per heavy atom. The van der Waals surface area contributed by atoms with E-state index in [2.05, 4.69) is 50.4 Å². The molecule has 0 bridgehead atoms. The first-order chi connectivity index (χ1) is 13.2. The van der Waals surface area contributed by atoms with Gasteiger partial charge in [0.25, 0.3) is 0 Å². The highest BCUT2D eigenvalue weighted by molar-refractivity contribution is 5.85. The average Bonchev–Trinajstić information content (AvgIpc) is 3.14. The molecule has 3 aromatic rings. The molecule has 2 aromatic carbocycles. The molecule has 1 aromatic heterocycles. The van der Waals surface area contributed by atoms with Crippen molar-refractivity contribution in [3.05, 3.63) is 65.5 Å². The van der Waals surface area contributed by atoms with E-state index in [0.29, 0.717) is 18.4 Å². The normalized spacial score (nSPS) is 18.5. The third-order valence-corrected chi connectivity index (χ3v) is 5.10. The molecular formula is C20H26Cl2N6O. The summed E-state index contributed by atoms with van der Waals surface area (Å²) >= 11 is 0. The average molecular weight is 437 g/mol. The van der Waals surface area contributed by atoms with Gasteiger partial charge in [0.15, 0.2) is 5.82 Å². The second-order valence-corrected chi connectivity index (χ2v) is 6.92. The molecule has 0 amide bonds. The fraction of sp³-hybridized carbons (Fsp3) is 0.350. The highest BCUT2D eigenvalue weighted by Crippen LogP contribution is 2.25. The van der Waals surface area contributed by atoms with Gasteiger partial charge in [-0.15, -0.1) is 29.9 Å². The minimum absolute atomic E-state index is 0. The quantitative estimate of drug-likeness (QED) is 0.569. The van der Waals surface area contributed by atoms with Gasteiger partial charge in [-0.3, -0.25) is 0 Å². The SMILES string of the molecule is Cc1nnnn1-c1ccc(O)c(CN[C@H]2CCCN[C@H]2c2ccccc2)c1.Cl.Cl. The van der Waals surface area contributed by atoms with Gasteiger partial charge in [0.05, 0.1) is 5.69 Å². The summed E-state index contributed by atoms with van der Waals surface area (Å²) in [6, 6.07) is 16.5. The van der Waals surface area contributed by atoms with E-state index in [0.717, 1.165) is 30.6 Å². The first-order valence-electron chi connectivity index (χ1n) is 9.31. The third kappa shape index (κ3) is 5.25. The molecule has 1 aliphatic rings. The third-order valence-electron chi connectivity index (χ3n) is 5.10. The van der Waals surface area contributed by atoms with Crippen molar-refractivity contribution < 1.29 is 5.11 Å². The molecule has 9 heteroatoms. The second kappa shape index (κ2) is 10.5. The summed E-state index contributed by atoms with van der Waals surface area (Å²) in [6.45, 7) is 3.45. The van der Waals surface area contributed by atoms with Crippen LogP contribution in [0, 0.1) is 6.92 Å². The van der Waals surface area contributed by atoms with E-state index < -0.39 is 0 Å². The van der Waals surface area contributed by atoms with Crippen molar-refractivity contribution in [3.8, 4) is 11.4 Å². The summed E-state index contributed by atoms with van der Waals surface area (Å²) in [5.74, 6) is 0.984. The minimum atomic E-state index is 0. The van der Waals surface area contributed by atoms with Gasteiger partial charge < -0.3 is 15.7 Å². The lowest BCUT2D eigenvalue weighted by Crippen LogP contribution is -2.45. The van der Waals surface area contributed by atoms with Crippen molar-refractivity contribution in [2.75, 3.05) is 6.54 Å². The van der Waals surface area contributed by atoms with Crippen LogP contribution in [0.1, 0.15) is 35.8 Å². The smallest absolute Gasteiger partial charge is 0.153 e. The maximum atomic E-state index is 10.3. The highest BCUT2D eigenvalue weighted by Gasteiger charge is 2.25. The van der Waals surface area contributed by atoms with Gasteiger partial charge in [-0.05, 0) is 60.5 Å². The lowest BCUT2D eigenvalue weighted by Gasteiger charge is -2.34. The van der Waals surface area contributed by atoms with E-state index in [1.165, 1.54) is 5.56 Å². The molecule has 29 heavy (non-hydrogen) atoms. The largest absolute Gasteiger partial charge is 0.508 e. The van der Waals surface area contributed by atoms with Crippen molar-refractivity contribution in [1.29, 1.82) is 0 Å². The second-order valence-electron chi connectivity index (χ2n) is 6.92. The van der Waals surface area contributed by atoms with Gasteiger partial charge in [-0.25, -0.2) is 0 Å². The number of aromatic hydroxyl groups is 1. The summed E-state index contributed by atoms with van der Waals surface area (Å²) in [4.78, 5) is 0. The standard InChI is InChI=1S/C20H24N6O.2ClH/c1-14-23-24-25-26(14)17-9-10-19(27)16(12-17)13-22-18-8-5-11-21-20(18)15-6-3-2-4-7-15;;/h2-4,6-7,9-10,12,18,20-22,27H,5,8,11,13H2,1H3;2*1H/t18-,20-;;/m0../s1. The topological polar surface area (TPSA) is 87.9 Å². The fourth-order valence-electron chi connectivity index (χ4n) is 3.68. The Morgan fingerprint density at radius 3 is 2.69 bits per heavy atom. The Labute approximate surface area is 182 Å². The maximum Gasteiger partial charge on any atom is 0.153 e. The molecule has 0 spiro atoms. The van der Waals surface area contributed by atoms with Crippen molar-refractivity contribution >= 4 is 24.8 Å². The zero-order valence-corrected chi connectivity index (χ0v) is 17.8. The molecular weight excluding hydrogens is 411 g/mol. The molecule has 1 saturated heterocycles. The van der Waals surface area contributed by atoms with Gasteiger partial charge in [0.2, 0.25) is 0 Å². The maximum absolute atomic E-state index is 10.3. The zero-order chi connectivity index (χ0) is 18.6. The number of rotatable bonds is 5. The van der Waals surface area contributed by atoms with Crippen molar-refractivity contribution in [2.45, 2.75) is 38.4 Å². The molecule has 2 heterocycles. The summed E-state index contributed by atoms with van der Waals surface area (Å²) < 4.78 is 1.66. The first kappa shape index (κ1) is 23.1. The van der Waals surface area contributed by atoms with Crippen LogP contribution in [0.5, 0.6) is 5.75 Å². The van der Waals surface area contributed by atoms with Crippen LogP contribution in [0.15, 0.2) is 48.5 Å². The molecule has 0 aliphatic carbocycles. The number of hydrogen-bond donors (Lipinski definition) is 3. The van der Waals surface area contributed by atoms with Gasteiger partial charge >= 0.3 is 0 Å². The van der Waals surface area contributed by atoms with Crippen LogP contribution in [-0.4, -0.2) is 37.9 Å². The van der Waals surface area contributed by atoms with Crippen molar-refractivity contribution in [3.63, 3.8) is 0 Å². The summed E-state index contributed by atoms with van der Waals surface area (Å²) in [5.41, 5.74) is 2.96. The van der Waals surface area contributed by atoms with Crippen LogP contribution in [-0.2, 0) is 6.54 Å². The number of benzene rings is 2. The molecule has 1 aliphatic heterocycles. The summed E-state index contributed by atoms with van der Waals surface area (Å²) in [5, 5.41) is 29.2. The number of phenolic OH excluding ortho intramolecular Hbond substituents is 1. The van der Waals surface area contributed by atoms with E-state index in [1.807, 2.05) is 25.1 Å². The number of nitrogens with zero attached hydrogens (tertiary/aromatic N) is 4. The first-order valence-corrected chi connectivity index (χ1v) is 9.31. The van der Waals surface area contributed by atoms with Crippen molar-refractivity contribution in [2.24, 2.45) is 0 Å². The molecule has 3 N–H and O–H groups in total. The van der Waals surface area contributed by atoms with E-state index in [1.54, 1.807) is 10.7 Å². The van der Waals surface area contributed by atoms with Crippen LogP contribution in [0.3, 0.4) is 0 Å². The molecule has 156 valence electrons. The Morgan fingerprint density at radius 2 is 1.97 bits per heavy atom. The number of aromatic nitrogens is 4. The van der Waals surface area contributed by atoms with Gasteiger partial charge in [-0.1, -0.05) is 30.3 Å². The van der Waals surface area contributed by atoms with Crippen LogP contribution in [0.25, 0.3) is 5.69 Å². The highest BCUT2D eigenvalue weighted by atomic mass is 35.5. The zero-order valence-electron chi connectivity index (χ0n) is 16.2. The monoisotopic (exact) mass is 436 g/mol. The lowest BCUT2D eigenvalue weighted by atomic mass is 9.92. The van der Waals surface area contributed by atoms with Gasteiger partial charge in [0.1, 0.15) is 5.75 Å².